The highest BCUT2D eigenvalue weighted by Crippen LogP contribution is 2.64. The minimum absolute atomic E-state index is 0.625. The normalized spacial score (nSPS) is 12.9. The van der Waals surface area contributed by atoms with Gasteiger partial charge in [0.15, 0.2) is 17.5 Å². The van der Waals surface area contributed by atoms with E-state index in [2.05, 4.69) is 164 Å². The summed E-state index contributed by atoms with van der Waals surface area (Å²) in [7, 11) is 0. The minimum atomic E-state index is -0.663. The van der Waals surface area contributed by atoms with Crippen molar-refractivity contribution in [3.8, 4) is 79.0 Å². The molecule has 0 amide bonds. The van der Waals surface area contributed by atoms with Crippen LogP contribution in [0.2, 0.25) is 0 Å². The number of aromatic nitrogens is 3. The van der Waals surface area contributed by atoms with E-state index in [0.29, 0.717) is 17.5 Å². The molecule has 0 atom stereocenters. The first-order valence-electron chi connectivity index (χ1n) is 18.9. The second kappa shape index (κ2) is 12.9. The lowest BCUT2D eigenvalue weighted by atomic mass is 9.66. The monoisotopic (exact) mass is 715 g/mol. The molecule has 0 saturated heterocycles. The summed E-state index contributed by atoms with van der Waals surface area (Å²) in [5, 5.41) is 0. The smallest absolute Gasteiger partial charge is 0.164 e. The molecule has 11 rings (SSSR count). The average molecular weight is 716 g/mol. The molecule has 1 aromatic heterocycles. The van der Waals surface area contributed by atoms with Gasteiger partial charge in [-0.3, -0.25) is 0 Å². The summed E-state index contributed by atoms with van der Waals surface area (Å²) in [6.07, 6.45) is 0. The van der Waals surface area contributed by atoms with Crippen LogP contribution in [0, 0.1) is 0 Å². The Hall–Kier alpha value is -7.43. The van der Waals surface area contributed by atoms with Crippen LogP contribution < -0.4 is 4.74 Å². The quantitative estimate of drug-likeness (QED) is 0.178. The molecule has 1 aliphatic heterocycles. The highest BCUT2D eigenvalue weighted by atomic mass is 16.5. The van der Waals surface area contributed by atoms with Crippen LogP contribution >= 0.6 is 0 Å². The third-order valence-corrected chi connectivity index (χ3v) is 11.2. The number of para-hydroxylation sites is 2. The lowest BCUT2D eigenvalue weighted by molar-refractivity contribution is 0.436. The van der Waals surface area contributed by atoms with Gasteiger partial charge in [0.05, 0.1) is 5.41 Å². The van der Waals surface area contributed by atoms with Crippen LogP contribution in [0.5, 0.6) is 11.5 Å². The van der Waals surface area contributed by atoms with Crippen molar-refractivity contribution < 1.29 is 4.74 Å². The Morgan fingerprint density at radius 1 is 0.286 bits per heavy atom. The van der Waals surface area contributed by atoms with E-state index in [9.17, 15) is 0 Å². The topological polar surface area (TPSA) is 47.9 Å². The molecule has 4 nitrogen and oxygen atoms in total. The maximum Gasteiger partial charge on any atom is 0.164 e. The lowest BCUT2D eigenvalue weighted by Crippen LogP contribution is -2.32. The molecular weight excluding hydrogens is 683 g/mol. The third-order valence-electron chi connectivity index (χ3n) is 11.2. The average Bonchev–Trinajstić information content (AvgIpc) is 3.58. The number of benzene rings is 8. The predicted molar refractivity (Wildman–Crippen MR) is 224 cm³/mol. The molecule has 4 heteroatoms. The summed E-state index contributed by atoms with van der Waals surface area (Å²) in [6.45, 7) is 0. The van der Waals surface area contributed by atoms with E-state index >= 15 is 0 Å². The molecule has 262 valence electrons. The van der Waals surface area contributed by atoms with E-state index in [4.69, 9.17) is 19.7 Å². The second-order valence-corrected chi connectivity index (χ2v) is 14.3. The fourth-order valence-corrected chi connectivity index (χ4v) is 8.82. The Labute approximate surface area is 325 Å². The molecule has 0 unspecified atom stereocenters. The lowest BCUT2D eigenvalue weighted by Gasteiger charge is -2.39. The van der Waals surface area contributed by atoms with Gasteiger partial charge in [-0.2, -0.15) is 0 Å². The zero-order chi connectivity index (χ0) is 37.1. The molecule has 8 aromatic carbocycles. The Bertz CT molecular complexity index is 2820. The summed E-state index contributed by atoms with van der Waals surface area (Å²) in [4.78, 5) is 15.6. The maximum absolute atomic E-state index is 6.68. The number of ether oxygens (including phenoxy) is 1. The molecule has 0 saturated carbocycles. The molecule has 2 heterocycles. The van der Waals surface area contributed by atoms with E-state index in [0.717, 1.165) is 56.0 Å². The van der Waals surface area contributed by atoms with Crippen LogP contribution in [0.3, 0.4) is 0 Å². The largest absolute Gasteiger partial charge is 0.457 e. The maximum atomic E-state index is 6.68. The summed E-state index contributed by atoms with van der Waals surface area (Å²) >= 11 is 0. The zero-order valence-electron chi connectivity index (χ0n) is 30.3. The number of hydrogen-bond acceptors (Lipinski definition) is 4. The van der Waals surface area contributed by atoms with Crippen molar-refractivity contribution in [1.29, 1.82) is 0 Å². The van der Waals surface area contributed by atoms with Gasteiger partial charge in [-0.15, -0.1) is 0 Å². The first kappa shape index (κ1) is 32.0. The number of nitrogens with zero attached hydrogens (tertiary/aromatic N) is 3. The van der Waals surface area contributed by atoms with Crippen molar-refractivity contribution in [2.24, 2.45) is 0 Å². The van der Waals surface area contributed by atoms with Gasteiger partial charge < -0.3 is 4.74 Å². The van der Waals surface area contributed by atoms with Gasteiger partial charge in [0.2, 0.25) is 0 Å². The Morgan fingerprint density at radius 3 is 1.23 bits per heavy atom. The Balaban J connectivity index is 1.23. The summed E-state index contributed by atoms with van der Waals surface area (Å²) in [6, 6.07) is 70.2. The van der Waals surface area contributed by atoms with E-state index in [1.54, 1.807) is 0 Å². The van der Waals surface area contributed by atoms with E-state index in [-0.39, 0.29) is 0 Å². The van der Waals surface area contributed by atoms with E-state index in [1.807, 2.05) is 36.4 Å². The fourth-order valence-electron chi connectivity index (χ4n) is 8.82. The van der Waals surface area contributed by atoms with E-state index < -0.39 is 5.41 Å². The van der Waals surface area contributed by atoms with E-state index in [1.165, 1.54) is 27.8 Å². The Kier molecular flexibility index (Phi) is 7.36. The standard InChI is InChI=1S/C52H33N3O/c1-4-16-34(17-5-1)35-30-32-36(33-31-35)39-22-14-26-43-47(39)48-40(51-54-49(37-18-6-2-7-19-37)53-50(55-51)38-20-8-3-9-21-38)23-15-27-44(48)52(43)41-24-10-12-28-45(41)56-46-29-13-11-25-42(46)52/h1-33H. The van der Waals surface area contributed by atoms with Gasteiger partial charge in [0, 0.05) is 27.8 Å². The van der Waals surface area contributed by atoms with Crippen LogP contribution in [-0.4, -0.2) is 15.0 Å². The number of fused-ring (bicyclic) bond motifs is 9. The van der Waals surface area contributed by atoms with Crippen molar-refractivity contribution in [3.63, 3.8) is 0 Å². The van der Waals surface area contributed by atoms with Crippen LogP contribution in [-0.2, 0) is 5.41 Å². The molecule has 9 aromatic rings. The Morgan fingerprint density at radius 2 is 0.679 bits per heavy atom. The van der Waals surface area contributed by atoms with Gasteiger partial charge in [-0.05, 0) is 56.6 Å². The van der Waals surface area contributed by atoms with Crippen molar-refractivity contribution in [2.45, 2.75) is 5.41 Å². The first-order chi connectivity index (χ1) is 27.8. The van der Waals surface area contributed by atoms with Crippen LogP contribution in [0.25, 0.3) is 67.5 Å². The van der Waals surface area contributed by atoms with Crippen LogP contribution in [0.15, 0.2) is 200 Å². The van der Waals surface area contributed by atoms with Crippen LogP contribution in [0.4, 0.5) is 0 Å². The van der Waals surface area contributed by atoms with Gasteiger partial charge >= 0.3 is 0 Å². The number of rotatable bonds is 5. The highest BCUT2D eigenvalue weighted by molar-refractivity contribution is 6.02. The molecule has 0 N–H and O–H groups in total. The highest BCUT2D eigenvalue weighted by Gasteiger charge is 2.52. The van der Waals surface area contributed by atoms with Gasteiger partial charge in [0.25, 0.3) is 0 Å². The van der Waals surface area contributed by atoms with Gasteiger partial charge in [-0.1, -0.05) is 188 Å². The molecule has 0 bridgehead atoms. The number of hydrogen-bond donors (Lipinski definition) is 0. The SMILES string of the molecule is c1ccc(-c2ccc(-c3cccc4c3-c3c(-c5nc(-c6ccccc6)nc(-c6ccccc6)n5)cccc3C43c4ccccc4Oc4ccccc43)cc2)cc1. The zero-order valence-corrected chi connectivity index (χ0v) is 30.3. The van der Waals surface area contributed by atoms with Gasteiger partial charge in [0.1, 0.15) is 11.5 Å². The summed E-state index contributed by atoms with van der Waals surface area (Å²) in [5.74, 6) is 3.59. The molecule has 0 radical (unpaired) electrons. The van der Waals surface area contributed by atoms with Crippen LogP contribution in [0.1, 0.15) is 22.3 Å². The molecule has 0 fully saturated rings. The van der Waals surface area contributed by atoms with Crippen molar-refractivity contribution in [3.05, 3.63) is 222 Å². The van der Waals surface area contributed by atoms with Crippen molar-refractivity contribution in [1.82, 2.24) is 15.0 Å². The third kappa shape index (κ3) is 4.89. The fraction of sp³-hybridized carbons (Fsp3) is 0.0192. The molecule has 2 aliphatic rings. The first-order valence-corrected chi connectivity index (χ1v) is 18.9. The second-order valence-electron chi connectivity index (χ2n) is 14.3. The predicted octanol–water partition coefficient (Wildman–Crippen LogP) is 12.7. The van der Waals surface area contributed by atoms with Crippen molar-refractivity contribution >= 4 is 0 Å². The van der Waals surface area contributed by atoms with Gasteiger partial charge in [-0.25, -0.2) is 15.0 Å². The summed E-state index contributed by atoms with van der Waals surface area (Å²) in [5.41, 5.74) is 13.7. The minimum Gasteiger partial charge on any atom is -0.457 e. The molecule has 56 heavy (non-hydrogen) atoms. The molecular formula is C52H33N3O. The summed E-state index contributed by atoms with van der Waals surface area (Å²) < 4.78 is 6.68. The molecule has 1 spiro atoms. The molecule has 1 aliphatic carbocycles. The van der Waals surface area contributed by atoms with Crippen molar-refractivity contribution in [2.75, 3.05) is 0 Å².